The highest BCUT2D eigenvalue weighted by atomic mass is 19.1. The maximum absolute atomic E-state index is 12.7. The largest absolute Gasteiger partial charge is 0.490 e. The molecule has 2 aromatic rings. The molecular weight excluding hydrogens is 241 g/mol. The molecule has 2 aromatic carbocycles. The fourth-order valence-corrected chi connectivity index (χ4v) is 1.63. The first-order valence-corrected chi connectivity index (χ1v) is 6.10. The van der Waals surface area contributed by atoms with E-state index in [9.17, 15) is 4.39 Å². The Hall–Kier alpha value is -2.29. The number of benzene rings is 2. The lowest BCUT2D eigenvalue weighted by Gasteiger charge is -2.08. The van der Waals surface area contributed by atoms with Crippen LogP contribution in [-0.2, 0) is 6.54 Å². The summed E-state index contributed by atoms with van der Waals surface area (Å²) in [6, 6.07) is 14.1. The van der Waals surface area contributed by atoms with Gasteiger partial charge in [-0.05, 0) is 42.0 Å². The summed E-state index contributed by atoms with van der Waals surface area (Å²) in [6.07, 6.45) is 1.71. The van der Waals surface area contributed by atoms with Gasteiger partial charge < -0.3 is 10.1 Å². The lowest BCUT2D eigenvalue weighted by atomic mass is 10.2. The van der Waals surface area contributed by atoms with E-state index in [-0.39, 0.29) is 5.82 Å². The molecule has 0 atom stereocenters. The topological polar surface area (TPSA) is 21.3 Å². The average Bonchev–Trinajstić information content (AvgIpc) is 2.46. The number of rotatable bonds is 6. The Morgan fingerprint density at radius 2 is 1.74 bits per heavy atom. The number of anilines is 1. The van der Waals surface area contributed by atoms with Gasteiger partial charge in [-0.3, -0.25) is 0 Å². The van der Waals surface area contributed by atoms with Crippen molar-refractivity contribution in [3.63, 3.8) is 0 Å². The van der Waals surface area contributed by atoms with E-state index in [4.69, 9.17) is 4.74 Å². The molecule has 3 heteroatoms. The van der Waals surface area contributed by atoms with E-state index in [1.165, 1.54) is 12.1 Å². The van der Waals surface area contributed by atoms with Gasteiger partial charge in [0.15, 0.2) is 0 Å². The molecule has 0 amide bonds. The molecule has 0 fully saturated rings. The number of nitrogens with one attached hydrogen (secondary N) is 1. The Morgan fingerprint density at radius 1 is 1.05 bits per heavy atom. The van der Waals surface area contributed by atoms with Crippen molar-refractivity contribution in [3.05, 3.63) is 72.6 Å². The first-order valence-electron chi connectivity index (χ1n) is 6.10. The number of hydrogen-bond donors (Lipinski definition) is 1. The second kappa shape index (κ2) is 6.59. The third kappa shape index (κ3) is 4.14. The predicted molar refractivity (Wildman–Crippen MR) is 75.9 cm³/mol. The minimum absolute atomic E-state index is 0.228. The summed E-state index contributed by atoms with van der Waals surface area (Å²) in [6.45, 7) is 4.80. The molecule has 0 heterocycles. The second-order valence-corrected chi connectivity index (χ2v) is 4.10. The first kappa shape index (κ1) is 13.1. The Bertz CT molecular complexity index is 519. The highest BCUT2D eigenvalue weighted by Gasteiger charge is 1.96. The Balaban J connectivity index is 1.89. The average molecular weight is 257 g/mol. The molecule has 0 aromatic heterocycles. The van der Waals surface area contributed by atoms with Gasteiger partial charge in [0, 0.05) is 12.2 Å². The van der Waals surface area contributed by atoms with Crippen molar-refractivity contribution in [2.24, 2.45) is 0 Å². The molecule has 0 unspecified atom stereocenters. The molecule has 0 aliphatic rings. The summed E-state index contributed by atoms with van der Waals surface area (Å²) in [5, 5.41) is 3.23. The minimum atomic E-state index is -0.228. The molecule has 98 valence electrons. The van der Waals surface area contributed by atoms with Crippen molar-refractivity contribution in [2.75, 3.05) is 11.9 Å². The van der Waals surface area contributed by atoms with Gasteiger partial charge in [-0.1, -0.05) is 24.8 Å². The molecule has 0 aliphatic heterocycles. The van der Waals surface area contributed by atoms with Crippen molar-refractivity contribution in [2.45, 2.75) is 6.54 Å². The van der Waals surface area contributed by atoms with Crippen LogP contribution in [0.15, 0.2) is 61.2 Å². The van der Waals surface area contributed by atoms with Crippen LogP contribution in [-0.4, -0.2) is 6.61 Å². The molecule has 1 N–H and O–H groups in total. The Morgan fingerprint density at radius 3 is 2.37 bits per heavy atom. The van der Waals surface area contributed by atoms with E-state index in [1.807, 2.05) is 24.3 Å². The van der Waals surface area contributed by atoms with Crippen LogP contribution in [0.1, 0.15) is 5.56 Å². The minimum Gasteiger partial charge on any atom is -0.490 e. The summed E-state index contributed by atoms with van der Waals surface area (Å²) in [7, 11) is 0. The third-order valence-corrected chi connectivity index (χ3v) is 2.63. The summed E-state index contributed by atoms with van der Waals surface area (Å²) in [5.74, 6) is 0.597. The van der Waals surface area contributed by atoms with Crippen molar-refractivity contribution < 1.29 is 9.13 Å². The monoisotopic (exact) mass is 257 g/mol. The highest BCUT2D eigenvalue weighted by Crippen LogP contribution is 2.14. The second-order valence-electron chi connectivity index (χ2n) is 4.10. The Labute approximate surface area is 112 Å². The standard InChI is InChI=1S/C16H16FNO/c1-2-11-19-16-9-3-13(4-10-16)12-18-15-7-5-14(17)6-8-15/h2-10,18H,1,11-12H2. The lowest BCUT2D eigenvalue weighted by molar-refractivity contribution is 0.363. The Kier molecular flexibility index (Phi) is 4.56. The number of hydrogen-bond acceptors (Lipinski definition) is 2. The molecule has 0 aliphatic carbocycles. The zero-order chi connectivity index (χ0) is 13.5. The summed E-state index contributed by atoms with van der Waals surface area (Å²) >= 11 is 0. The van der Waals surface area contributed by atoms with Gasteiger partial charge in [-0.15, -0.1) is 0 Å². The van der Waals surface area contributed by atoms with Gasteiger partial charge in [0.25, 0.3) is 0 Å². The van der Waals surface area contributed by atoms with Crippen molar-refractivity contribution in [3.8, 4) is 5.75 Å². The maximum atomic E-state index is 12.7. The van der Waals surface area contributed by atoms with E-state index >= 15 is 0 Å². The van der Waals surface area contributed by atoms with Gasteiger partial charge in [-0.2, -0.15) is 0 Å². The molecule has 19 heavy (non-hydrogen) atoms. The summed E-state index contributed by atoms with van der Waals surface area (Å²) in [4.78, 5) is 0. The van der Waals surface area contributed by atoms with E-state index < -0.39 is 0 Å². The van der Waals surface area contributed by atoms with Gasteiger partial charge in [0.1, 0.15) is 18.2 Å². The van der Waals surface area contributed by atoms with Crippen LogP contribution in [0.25, 0.3) is 0 Å². The SMILES string of the molecule is C=CCOc1ccc(CNc2ccc(F)cc2)cc1. The lowest BCUT2D eigenvalue weighted by Crippen LogP contribution is -1.99. The highest BCUT2D eigenvalue weighted by molar-refractivity contribution is 5.43. The van der Waals surface area contributed by atoms with Gasteiger partial charge in [0.05, 0.1) is 0 Å². The van der Waals surface area contributed by atoms with Crippen molar-refractivity contribution in [1.29, 1.82) is 0 Å². The maximum Gasteiger partial charge on any atom is 0.123 e. The predicted octanol–water partition coefficient (Wildman–Crippen LogP) is 4.00. The normalized spacial score (nSPS) is 9.95. The van der Waals surface area contributed by atoms with Crippen molar-refractivity contribution >= 4 is 5.69 Å². The van der Waals surface area contributed by atoms with E-state index in [0.29, 0.717) is 13.2 Å². The van der Waals surface area contributed by atoms with Crippen LogP contribution in [0.4, 0.5) is 10.1 Å². The van der Waals surface area contributed by atoms with E-state index in [2.05, 4.69) is 11.9 Å². The summed E-state index contributed by atoms with van der Waals surface area (Å²) in [5.41, 5.74) is 2.03. The molecule has 2 nitrogen and oxygen atoms in total. The molecule has 2 rings (SSSR count). The quantitative estimate of drug-likeness (QED) is 0.790. The van der Waals surface area contributed by atoms with E-state index in [1.54, 1.807) is 18.2 Å². The van der Waals surface area contributed by atoms with Crippen molar-refractivity contribution in [1.82, 2.24) is 0 Å². The van der Waals surface area contributed by atoms with Gasteiger partial charge >= 0.3 is 0 Å². The summed E-state index contributed by atoms with van der Waals surface area (Å²) < 4.78 is 18.2. The van der Waals surface area contributed by atoms with E-state index in [0.717, 1.165) is 17.0 Å². The zero-order valence-corrected chi connectivity index (χ0v) is 10.6. The fourth-order valence-electron chi connectivity index (χ4n) is 1.63. The van der Waals surface area contributed by atoms with Crippen LogP contribution >= 0.6 is 0 Å². The molecule has 0 saturated carbocycles. The third-order valence-electron chi connectivity index (χ3n) is 2.63. The van der Waals surface area contributed by atoms with Crippen LogP contribution in [0.5, 0.6) is 5.75 Å². The number of ether oxygens (including phenoxy) is 1. The molecule has 0 radical (unpaired) electrons. The molecule has 0 spiro atoms. The zero-order valence-electron chi connectivity index (χ0n) is 10.6. The van der Waals surface area contributed by atoms with Gasteiger partial charge in [-0.25, -0.2) is 4.39 Å². The van der Waals surface area contributed by atoms with Gasteiger partial charge in [0.2, 0.25) is 0 Å². The molecule has 0 bridgehead atoms. The number of halogens is 1. The fraction of sp³-hybridized carbons (Fsp3) is 0.125. The smallest absolute Gasteiger partial charge is 0.123 e. The molecule has 0 saturated heterocycles. The van der Waals surface area contributed by atoms with Crippen LogP contribution in [0, 0.1) is 5.82 Å². The first-order chi connectivity index (χ1) is 9.28. The van der Waals surface area contributed by atoms with Crippen LogP contribution in [0.2, 0.25) is 0 Å². The van der Waals surface area contributed by atoms with Crippen LogP contribution in [0.3, 0.4) is 0 Å². The van der Waals surface area contributed by atoms with Crippen LogP contribution < -0.4 is 10.1 Å². The molecular formula is C16H16FNO.